The van der Waals surface area contributed by atoms with E-state index in [1.54, 1.807) is 42.5 Å². The van der Waals surface area contributed by atoms with E-state index in [0.717, 1.165) is 0 Å². The molecule has 0 unspecified atom stereocenters. The highest BCUT2D eigenvalue weighted by Crippen LogP contribution is 2.22. The van der Waals surface area contributed by atoms with E-state index in [9.17, 15) is 19.2 Å². The van der Waals surface area contributed by atoms with Gasteiger partial charge in [-0.1, -0.05) is 38.1 Å². The third kappa shape index (κ3) is 9.77. The molecule has 3 aromatic carbocycles. The van der Waals surface area contributed by atoms with Crippen LogP contribution in [-0.2, 0) is 23.9 Å². The lowest BCUT2D eigenvalue weighted by Gasteiger charge is -2.10. The maximum Gasteiger partial charge on any atom is 0.338 e. The van der Waals surface area contributed by atoms with Crippen LogP contribution in [0.4, 0.5) is 11.4 Å². The fourth-order valence-corrected chi connectivity index (χ4v) is 3.13. The first-order valence-electron chi connectivity index (χ1n) is 12.1. The number of amides is 2. The SMILES string of the molecule is CC(C)COC(=O)c1cccc(NC(=O)CCC(=O)OCC(=O)Nc2ccc(Oc3ccccc3)cc2)c1. The number of rotatable bonds is 12. The smallest absolute Gasteiger partial charge is 0.338 e. The van der Waals surface area contributed by atoms with Gasteiger partial charge in [-0.2, -0.15) is 0 Å². The fraction of sp³-hybridized carbons (Fsp3) is 0.241. The van der Waals surface area contributed by atoms with Crippen molar-refractivity contribution in [2.24, 2.45) is 5.92 Å². The average Bonchev–Trinajstić information content (AvgIpc) is 2.91. The number of hydrogen-bond donors (Lipinski definition) is 2. The first-order chi connectivity index (χ1) is 18.3. The maximum atomic E-state index is 12.2. The van der Waals surface area contributed by atoms with E-state index in [1.807, 2.05) is 44.2 Å². The highest BCUT2D eigenvalue weighted by atomic mass is 16.5. The Morgan fingerprint density at radius 1 is 0.711 bits per heavy atom. The molecule has 9 nitrogen and oxygen atoms in total. The normalized spacial score (nSPS) is 10.4. The van der Waals surface area contributed by atoms with Gasteiger partial charge in [0, 0.05) is 17.8 Å². The van der Waals surface area contributed by atoms with Crippen molar-refractivity contribution in [2.45, 2.75) is 26.7 Å². The Labute approximate surface area is 221 Å². The third-order valence-electron chi connectivity index (χ3n) is 4.97. The zero-order valence-corrected chi connectivity index (χ0v) is 21.3. The molecule has 3 aromatic rings. The molecule has 9 heteroatoms. The van der Waals surface area contributed by atoms with Gasteiger partial charge in [0.25, 0.3) is 5.91 Å². The Balaban J connectivity index is 1.36. The molecule has 2 N–H and O–H groups in total. The summed E-state index contributed by atoms with van der Waals surface area (Å²) in [5.74, 6) is -0.602. The molecule has 38 heavy (non-hydrogen) atoms. The molecular weight excluding hydrogens is 488 g/mol. The van der Waals surface area contributed by atoms with Crippen LogP contribution in [0, 0.1) is 5.92 Å². The van der Waals surface area contributed by atoms with Crippen molar-refractivity contribution in [3.8, 4) is 11.5 Å². The van der Waals surface area contributed by atoms with Crippen LogP contribution in [0.3, 0.4) is 0 Å². The number of carbonyl (C=O) groups is 4. The quantitative estimate of drug-likeness (QED) is 0.317. The zero-order chi connectivity index (χ0) is 27.3. The van der Waals surface area contributed by atoms with Crippen LogP contribution < -0.4 is 15.4 Å². The second kappa shape index (κ2) is 14.2. The largest absolute Gasteiger partial charge is 0.462 e. The molecule has 0 aliphatic rings. The topological polar surface area (TPSA) is 120 Å². The van der Waals surface area contributed by atoms with Crippen LogP contribution >= 0.6 is 0 Å². The van der Waals surface area contributed by atoms with Gasteiger partial charge < -0.3 is 24.8 Å². The van der Waals surface area contributed by atoms with Gasteiger partial charge in [-0.25, -0.2) is 4.79 Å². The molecule has 2 amide bonds. The molecule has 0 atom stereocenters. The van der Waals surface area contributed by atoms with Gasteiger partial charge in [0.2, 0.25) is 5.91 Å². The number of nitrogens with one attached hydrogen (secondary N) is 2. The summed E-state index contributed by atoms with van der Waals surface area (Å²) in [7, 11) is 0. The van der Waals surface area contributed by atoms with Gasteiger partial charge in [0.05, 0.1) is 18.6 Å². The molecule has 0 radical (unpaired) electrons. The average molecular weight is 519 g/mol. The van der Waals surface area contributed by atoms with E-state index in [-0.39, 0.29) is 18.8 Å². The predicted molar refractivity (Wildman–Crippen MR) is 142 cm³/mol. The van der Waals surface area contributed by atoms with Gasteiger partial charge in [-0.15, -0.1) is 0 Å². The summed E-state index contributed by atoms with van der Waals surface area (Å²) in [5.41, 5.74) is 1.23. The van der Waals surface area contributed by atoms with Crippen molar-refractivity contribution >= 4 is 35.1 Å². The van der Waals surface area contributed by atoms with Gasteiger partial charge >= 0.3 is 11.9 Å². The Morgan fingerprint density at radius 2 is 1.39 bits per heavy atom. The molecule has 3 rings (SSSR count). The van der Waals surface area contributed by atoms with Crippen LogP contribution in [-0.4, -0.2) is 37.0 Å². The van der Waals surface area contributed by atoms with Crippen molar-refractivity contribution in [1.29, 1.82) is 0 Å². The van der Waals surface area contributed by atoms with Crippen LogP contribution in [0.25, 0.3) is 0 Å². The first-order valence-corrected chi connectivity index (χ1v) is 12.1. The first kappa shape index (κ1) is 27.9. The number of esters is 2. The van der Waals surface area contributed by atoms with Gasteiger partial charge in [-0.05, 0) is 60.5 Å². The summed E-state index contributed by atoms with van der Waals surface area (Å²) in [6.45, 7) is 3.68. The van der Waals surface area contributed by atoms with Crippen molar-refractivity contribution in [3.63, 3.8) is 0 Å². The minimum absolute atomic E-state index is 0.147. The number of benzene rings is 3. The number of para-hydroxylation sites is 1. The Bertz CT molecular complexity index is 1240. The summed E-state index contributed by atoms with van der Waals surface area (Å²) >= 11 is 0. The summed E-state index contributed by atoms with van der Waals surface area (Å²) < 4.78 is 15.8. The van der Waals surface area contributed by atoms with Gasteiger partial charge in [-0.3, -0.25) is 14.4 Å². The van der Waals surface area contributed by atoms with E-state index in [2.05, 4.69) is 10.6 Å². The molecule has 0 heterocycles. The molecule has 0 aliphatic heterocycles. The fourth-order valence-electron chi connectivity index (χ4n) is 3.13. The molecule has 0 saturated heterocycles. The summed E-state index contributed by atoms with van der Waals surface area (Å²) in [6, 6.07) is 22.4. The van der Waals surface area contributed by atoms with Crippen molar-refractivity contribution < 1.29 is 33.4 Å². The molecule has 0 bridgehead atoms. The van der Waals surface area contributed by atoms with Crippen LogP contribution in [0.1, 0.15) is 37.0 Å². The number of anilines is 2. The van der Waals surface area contributed by atoms with Crippen LogP contribution in [0.5, 0.6) is 11.5 Å². The van der Waals surface area contributed by atoms with E-state index in [4.69, 9.17) is 14.2 Å². The molecule has 0 fully saturated rings. The molecule has 0 saturated carbocycles. The monoisotopic (exact) mass is 518 g/mol. The predicted octanol–water partition coefficient (Wildman–Crippen LogP) is 5.19. The number of carbonyl (C=O) groups excluding carboxylic acids is 4. The molecular formula is C29H30N2O7. The lowest BCUT2D eigenvalue weighted by molar-refractivity contribution is -0.147. The standard InChI is InChI=1S/C29H30N2O7/c1-20(2)18-37-29(35)21-7-6-8-23(17-21)31-26(32)15-16-28(34)36-19-27(33)30-22-11-13-25(14-12-22)38-24-9-4-3-5-10-24/h3-14,17,20H,15-16,18-19H2,1-2H3,(H,30,33)(H,31,32). The molecule has 0 aliphatic carbocycles. The number of ether oxygens (including phenoxy) is 3. The summed E-state index contributed by atoms with van der Waals surface area (Å²) in [5, 5.41) is 5.26. The van der Waals surface area contributed by atoms with Crippen LogP contribution in [0.2, 0.25) is 0 Å². The van der Waals surface area contributed by atoms with Crippen LogP contribution in [0.15, 0.2) is 78.9 Å². The van der Waals surface area contributed by atoms with E-state index in [1.165, 1.54) is 6.07 Å². The molecule has 198 valence electrons. The Morgan fingerprint density at radius 3 is 2.11 bits per heavy atom. The lowest BCUT2D eigenvalue weighted by Crippen LogP contribution is -2.21. The summed E-state index contributed by atoms with van der Waals surface area (Å²) in [6.07, 6.45) is -0.355. The van der Waals surface area contributed by atoms with Gasteiger partial charge in [0.1, 0.15) is 11.5 Å². The highest BCUT2D eigenvalue weighted by molar-refractivity contribution is 5.96. The minimum Gasteiger partial charge on any atom is -0.462 e. The van der Waals surface area contributed by atoms with E-state index < -0.39 is 30.4 Å². The molecule has 0 aromatic heterocycles. The second-order valence-corrected chi connectivity index (χ2v) is 8.77. The Hall–Kier alpha value is -4.66. The van der Waals surface area contributed by atoms with Crippen molar-refractivity contribution in [3.05, 3.63) is 84.4 Å². The van der Waals surface area contributed by atoms with Crippen molar-refractivity contribution in [1.82, 2.24) is 0 Å². The third-order valence-corrected chi connectivity index (χ3v) is 4.97. The maximum absolute atomic E-state index is 12.2. The van der Waals surface area contributed by atoms with E-state index >= 15 is 0 Å². The Kier molecular flexibility index (Phi) is 10.4. The highest BCUT2D eigenvalue weighted by Gasteiger charge is 2.13. The number of hydrogen-bond acceptors (Lipinski definition) is 7. The van der Waals surface area contributed by atoms with E-state index in [0.29, 0.717) is 35.0 Å². The lowest BCUT2D eigenvalue weighted by atomic mass is 10.2. The summed E-state index contributed by atoms with van der Waals surface area (Å²) in [4.78, 5) is 48.4. The van der Waals surface area contributed by atoms with Crippen molar-refractivity contribution in [2.75, 3.05) is 23.8 Å². The molecule has 0 spiro atoms. The minimum atomic E-state index is -0.687. The second-order valence-electron chi connectivity index (χ2n) is 8.77. The van der Waals surface area contributed by atoms with Gasteiger partial charge in [0.15, 0.2) is 6.61 Å². The zero-order valence-electron chi connectivity index (χ0n) is 21.3.